The number of halogens is 1. The summed E-state index contributed by atoms with van der Waals surface area (Å²) in [5.74, 6) is -1.04. The van der Waals surface area contributed by atoms with Crippen LogP contribution in [0.5, 0.6) is 0 Å². The standard InChI is InChI=1S/C8H8FN5O2/c9-6-1-2-7(14(15)16)5(3-6)4-12-13-8(10)11/h1-4H,(H4,10,11,13). The van der Waals surface area contributed by atoms with Crippen molar-refractivity contribution in [2.24, 2.45) is 10.8 Å². The average Bonchev–Trinajstić information content (AvgIpc) is 2.16. The van der Waals surface area contributed by atoms with E-state index in [1.807, 2.05) is 0 Å². The molecule has 1 aromatic rings. The molecule has 7 nitrogen and oxygen atoms in total. The van der Waals surface area contributed by atoms with Crippen molar-refractivity contribution in [1.82, 2.24) is 5.43 Å². The molecule has 0 radical (unpaired) electrons. The van der Waals surface area contributed by atoms with Gasteiger partial charge in [0.25, 0.3) is 5.69 Å². The van der Waals surface area contributed by atoms with Gasteiger partial charge in [-0.25, -0.2) is 9.82 Å². The molecule has 0 aliphatic heterocycles. The van der Waals surface area contributed by atoms with Gasteiger partial charge in [0.2, 0.25) is 5.96 Å². The normalized spacial score (nSPS) is 10.3. The van der Waals surface area contributed by atoms with Crippen LogP contribution in [-0.2, 0) is 0 Å². The van der Waals surface area contributed by atoms with Gasteiger partial charge in [0.15, 0.2) is 0 Å². The van der Waals surface area contributed by atoms with Crippen molar-refractivity contribution in [2.75, 3.05) is 0 Å². The summed E-state index contributed by atoms with van der Waals surface area (Å²) >= 11 is 0. The van der Waals surface area contributed by atoms with Gasteiger partial charge in [0.1, 0.15) is 5.82 Å². The van der Waals surface area contributed by atoms with E-state index in [0.29, 0.717) is 0 Å². The highest BCUT2D eigenvalue weighted by atomic mass is 19.1. The molecule has 8 heteroatoms. The van der Waals surface area contributed by atoms with Crippen LogP contribution < -0.4 is 11.2 Å². The van der Waals surface area contributed by atoms with E-state index < -0.39 is 16.7 Å². The van der Waals surface area contributed by atoms with Crippen LogP contribution in [-0.4, -0.2) is 17.1 Å². The predicted molar refractivity (Wildman–Crippen MR) is 55.7 cm³/mol. The molecule has 0 unspecified atom stereocenters. The number of rotatable bonds is 3. The molecule has 84 valence electrons. The van der Waals surface area contributed by atoms with Crippen LogP contribution in [0.1, 0.15) is 5.56 Å². The van der Waals surface area contributed by atoms with E-state index in [1.54, 1.807) is 0 Å². The molecule has 4 N–H and O–H groups in total. The first kappa shape index (κ1) is 11.6. The van der Waals surface area contributed by atoms with Crippen LogP contribution in [0.15, 0.2) is 23.3 Å². The van der Waals surface area contributed by atoms with Gasteiger partial charge in [-0.3, -0.25) is 15.5 Å². The molecule has 16 heavy (non-hydrogen) atoms. The minimum atomic E-state index is -0.658. The van der Waals surface area contributed by atoms with Crippen molar-refractivity contribution < 1.29 is 9.31 Å². The highest BCUT2D eigenvalue weighted by Gasteiger charge is 2.12. The Labute approximate surface area is 89.4 Å². The third kappa shape index (κ3) is 3.01. The zero-order valence-corrected chi connectivity index (χ0v) is 7.98. The summed E-state index contributed by atoms with van der Waals surface area (Å²) in [6.07, 6.45) is 1.02. The number of nitrogens with two attached hydrogens (primary N) is 1. The van der Waals surface area contributed by atoms with Gasteiger partial charge in [0.05, 0.1) is 16.7 Å². The molecule has 1 aromatic carbocycles. The summed E-state index contributed by atoms with van der Waals surface area (Å²) in [6.45, 7) is 0. The molecule has 0 aliphatic rings. The molecular weight excluding hydrogens is 217 g/mol. The van der Waals surface area contributed by atoms with E-state index in [9.17, 15) is 14.5 Å². The maximum Gasteiger partial charge on any atom is 0.278 e. The summed E-state index contributed by atoms with van der Waals surface area (Å²) in [5.41, 5.74) is 6.70. The van der Waals surface area contributed by atoms with Crippen molar-refractivity contribution in [2.45, 2.75) is 0 Å². The first-order valence-electron chi connectivity index (χ1n) is 4.07. The quantitative estimate of drug-likeness (QED) is 0.301. The summed E-state index contributed by atoms with van der Waals surface area (Å²) in [5, 5.41) is 20.8. The first-order chi connectivity index (χ1) is 7.50. The van der Waals surface area contributed by atoms with E-state index >= 15 is 0 Å². The lowest BCUT2D eigenvalue weighted by Crippen LogP contribution is -2.25. The maximum absolute atomic E-state index is 12.8. The summed E-state index contributed by atoms with van der Waals surface area (Å²) in [7, 11) is 0. The number of hydrogen-bond acceptors (Lipinski definition) is 4. The van der Waals surface area contributed by atoms with Crippen LogP contribution in [0, 0.1) is 21.3 Å². The van der Waals surface area contributed by atoms with Gasteiger partial charge in [-0.1, -0.05) is 0 Å². The number of benzene rings is 1. The summed E-state index contributed by atoms with van der Waals surface area (Å²) in [6, 6.07) is 2.97. The smallest absolute Gasteiger partial charge is 0.278 e. The molecule has 0 bridgehead atoms. The Morgan fingerprint density at radius 1 is 1.69 bits per heavy atom. The zero-order valence-electron chi connectivity index (χ0n) is 7.98. The average molecular weight is 225 g/mol. The van der Waals surface area contributed by atoms with Crippen molar-refractivity contribution >= 4 is 17.9 Å². The second kappa shape index (κ2) is 4.82. The molecule has 0 aliphatic carbocycles. The lowest BCUT2D eigenvalue weighted by Gasteiger charge is -1.97. The minimum absolute atomic E-state index is 0.0150. The summed E-state index contributed by atoms with van der Waals surface area (Å²) in [4.78, 5) is 9.91. The summed E-state index contributed by atoms with van der Waals surface area (Å²) < 4.78 is 12.8. The van der Waals surface area contributed by atoms with Gasteiger partial charge in [-0.15, -0.1) is 0 Å². The third-order valence-electron chi connectivity index (χ3n) is 1.57. The molecule has 0 saturated carbocycles. The van der Waals surface area contributed by atoms with Gasteiger partial charge in [-0.05, 0) is 12.1 Å². The van der Waals surface area contributed by atoms with E-state index in [4.69, 9.17) is 11.1 Å². The number of hydrogen-bond donors (Lipinski definition) is 3. The number of hydrazone groups is 1. The maximum atomic E-state index is 12.8. The van der Waals surface area contributed by atoms with Gasteiger partial charge >= 0.3 is 0 Å². The topological polar surface area (TPSA) is 117 Å². The Bertz CT molecular complexity index is 460. The van der Waals surface area contributed by atoms with Crippen LogP contribution in [0.25, 0.3) is 0 Å². The van der Waals surface area contributed by atoms with E-state index in [0.717, 1.165) is 24.4 Å². The Balaban J connectivity index is 3.01. The third-order valence-corrected chi connectivity index (χ3v) is 1.57. The highest BCUT2D eigenvalue weighted by Crippen LogP contribution is 2.17. The molecule has 0 heterocycles. The van der Waals surface area contributed by atoms with Crippen LogP contribution in [0.3, 0.4) is 0 Å². The molecule has 0 fully saturated rings. The first-order valence-corrected chi connectivity index (χ1v) is 4.07. The Morgan fingerprint density at radius 2 is 2.38 bits per heavy atom. The number of nitro groups is 1. The van der Waals surface area contributed by atoms with Crippen molar-refractivity contribution in [1.29, 1.82) is 5.41 Å². The van der Waals surface area contributed by atoms with Crippen LogP contribution in [0.2, 0.25) is 0 Å². The fourth-order valence-electron chi connectivity index (χ4n) is 0.966. The van der Waals surface area contributed by atoms with Gasteiger partial charge in [-0.2, -0.15) is 5.10 Å². The predicted octanol–water partition coefficient (Wildman–Crippen LogP) is 0.551. The van der Waals surface area contributed by atoms with Crippen molar-refractivity contribution in [3.05, 3.63) is 39.7 Å². The fourth-order valence-corrected chi connectivity index (χ4v) is 0.966. The number of nitrogens with zero attached hydrogens (tertiary/aromatic N) is 2. The molecule has 0 aromatic heterocycles. The van der Waals surface area contributed by atoms with Crippen molar-refractivity contribution in [3.8, 4) is 0 Å². The van der Waals surface area contributed by atoms with E-state index in [1.165, 1.54) is 0 Å². The minimum Gasteiger partial charge on any atom is -0.369 e. The number of guanidine groups is 1. The molecule has 0 spiro atoms. The Kier molecular flexibility index (Phi) is 3.49. The molecule has 0 saturated heterocycles. The Hall–Kier alpha value is -2.51. The molecular formula is C8H8FN5O2. The van der Waals surface area contributed by atoms with Gasteiger partial charge < -0.3 is 5.73 Å². The fraction of sp³-hybridized carbons (Fsp3) is 0. The van der Waals surface area contributed by atoms with E-state index in [2.05, 4.69) is 10.5 Å². The van der Waals surface area contributed by atoms with Crippen LogP contribution >= 0.6 is 0 Å². The Morgan fingerprint density at radius 3 is 2.94 bits per heavy atom. The second-order valence-corrected chi connectivity index (χ2v) is 2.74. The molecule has 1 rings (SSSR count). The SMILES string of the molecule is N=C(N)NN=Cc1cc(F)ccc1[N+](=O)[O-]. The van der Waals surface area contributed by atoms with Crippen molar-refractivity contribution in [3.63, 3.8) is 0 Å². The monoisotopic (exact) mass is 225 g/mol. The second-order valence-electron chi connectivity index (χ2n) is 2.74. The van der Waals surface area contributed by atoms with Crippen LogP contribution in [0.4, 0.5) is 10.1 Å². The van der Waals surface area contributed by atoms with Gasteiger partial charge in [0, 0.05) is 6.07 Å². The van der Waals surface area contributed by atoms with E-state index in [-0.39, 0.29) is 11.3 Å². The number of nitro benzene ring substituents is 1. The zero-order chi connectivity index (χ0) is 12.1. The largest absolute Gasteiger partial charge is 0.369 e. The molecule has 0 amide bonds. The highest BCUT2D eigenvalue weighted by molar-refractivity contribution is 5.86. The number of nitrogens with one attached hydrogen (secondary N) is 2. The lowest BCUT2D eigenvalue weighted by molar-refractivity contribution is -0.385. The molecule has 0 atom stereocenters. The lowest BCUT2D eigenvalue weighted by atomic mass is 10.2.